The average molecular weight is 435 g/mol. The van der Waals surface area contributed by atoms with Crippen molar-refractivity contribution >= 4 is 17.2 Å². The van der Waals surface area contributed by atoms with Gasteiger partial charge in [0.05, 0.1) is 4.88 Å². The molecule has 0 radical (unpaired) electrons. The first kappa shape index (κ1) is 21.6. The lowest BCUT2D eigenvalue weighted by molar-refractivity contribution is 0.0633. The number of ether oxygens (including phenoxy) is 1. The zero-order chi connectivity index (χ0) is 21.8. The van der Waals surface area contributed by atoms with Crippen LogP contribution < -0.4 is 4.74 Å². The first-order valence-electron chi connectivity index (χ1n) is 10.8. The van der Waals surface area contributed by atoms with Crippen LogP contribution in [0.5, 0.6) is 5.75 Å². The van der Waals surface area contributed by atoms with E-state index in [-0.39, 0.29) is 5.91 Å². The Morgan fingerprint density at radius 2 is 1.74 bits per heavy atom. The van der Waals surface area contributed by atoms with Crippen molar-refractivity contribution in [1.29, 1.82) is 0 Å². The highest BCUT2D eigenvalue weighted by atomic mass is 32.1. The van der Waals surface area contributed by atoms with E-state index in [1.807, 2.05) is 22.4 Å². The molecule has 0 saturated carbocycles. The second kappa shape index (κ2) is 9.67. The summed E-state index contributed by atoms with van der Waals surface area (Å²) in [5.41, 5.74) is 6.11. The van der Waals surface area contributed by atoms with Crippen LogP contribution in [-0.4, -0.2) is 41.9 Å². The maximum atomic E-state index is 13.0. The topological polar surface area (TPSA) is 32.8 Å². The first-order chi connectivity index (χ1) is 15.0. The molecule has 1 aromatic heterocycles. The van der Waals surface area contributed by atoms with Crippen molar-refractivity contribution in [2.24, 2.45) is 0 Å². The van der Waals surface area contributed by atoms with Gasteiger partial charge in [0.25, 0.3) is 5.91 Å². The summed E-state index contributed by atoms with van der Waals surface area (Å²) >= 11 is 1.51. The van der Waals surface area contributed by atoms with Crippen LogP contribution in [0, 0.1) is 20.8 Å². The quantitative estimate of drug-likeness (QED) is 0.534. The molecule has 4 nitrogen and oxygen atoms in total. The number of thiophene rings is 1. The highest BCUT2D eigenvalue weighted by molar-refractivity contribution is 7.12. The van der Waals surface area contributed by atoms with Crippen molar-refractivity contribution in [3.05, 3.63) is 86.6 Å². The fourth-order valence-corrected chi connectivity index (χ4v) is 4.84. The molecule has 3 aromatic rings. The molecule has 31 heavy (non-hydrogen) atoms. The summed E-state index contributed by atoms with van der Waals surface area (Å²) in [6, 6.07) is 16.7. The van der Waals surface area contributed by atoms with Gasteiger partial charge >= 0.3 is 0 Å². The van der Waals surface area contributed by atoms with Gasteiger partial charge in [0.15, 0.2) is 0 Å². The van der Waals surface area contributed by atoms with E-state index in [0.717, 1.165) is 54.5 Å². The number of rotatable bonds is 6. The molecule has 5 heteroatoms. The molecule has 0 aliphatic carbocycles. The van der Waals surface area contributed by atoms with Crippen molar-refractivity contribution in [2.45, 2.75) is 33.9 Å². The molecule has 2 heterocycles. The fourth-order valence-electron chi connectivity index (χ4n) is 3.98. The lowest BCUT2D eigenvalue weighted by Gasteiger charge is -2.34. The van der Waals surface area contributed by atoms with E-state index in [0.29, 0.717) is 6.61 Å². The molecule has 1 amide bonds. The maximum Gasteiger partial charge on any atom is 0.264 e. The van der Waals surface area contributed by atoms with Crippen molar-refractivity contribution in [1.82, 2.24) is 9.80 Å². The Balaban J connectivity index is 1.29. The minimum absolute atomic E-state index is 0.137. The van der Waals surface area contributed by atoms with Crippen LogP contribution in [0.1, 0.15) is 37.5 Å². The van der Waals surface area contributed by atoms with Crippen LogP contribution >= 0.6 is 11.3 Å². The Hall–Kier alpha value is -2.63. The Morgan fingerprint density at radius 3 is 2.48 bits per heavy atom. The van der Waals surface area contributed by atoms with Crippen molar-refractivity contribution in [3.63, 3.8) is 0 Å². The Bertz CT molecular complexity index is 1050. The fraction of sp³-hybridized carbons (Fsp3) is 0.346. The van der Waals surface area contributed by atoms with Crippen molar-refractivity contribution in [3.8, 4) is 5.75 Å². The van der Waals surface area contributed by atoms with Crippen molar-refractivity contribution < 1.29 is 9.53 Å². The molecule has 1 fully saturated rings. The summed E-state index contributed by atoms with van der Waals surface area (Å²) < 4.78 is 5.97. The Morgan fingerprint density at radius 1 is 0.968 bits per heavy atom. The van der Waals surface area contributed by atoms with Gasteiger partial charge in [0.1, 0.15) is 12.4 Å². The van der Waals surface area contributed by atoms with Gasteiger partial charge in [0.2, 0.25) is 0 Å². The van der Waals surface area contributed by atoms with Crippen LogP contribution in [0.4, 0.5) is 0 Å². The summed E-state index contributed by atoms with van der Waals surface area (Å²) in [6.45, 7) is 11.1. The van der Waals surface area contributed by atoms with Gasteiger partial charge in [0, 0.05) is 38.3 Å². The van der Waals surface area contributed by atoms with E-state index in [1.54, 1.807) is 0 Å². The van der Waals surface area contributed by atoms with E-state index in [4.69, 9.17) is 4.74 Å². The minimum Gasteiger partial charge on any atom is -0.489 e. The molecule has 0 N–H and O–H groups in total. The summed E-state index contributed by atoms with van der Waals surface area (Å²) in [5.74, 6) is 1.03. The standard InChI is InChI=1S/C26H30N2O2S/c1-19-8-9-24(21(3)14-19)30-17-22-15-25(31-18-22)26(29)28-12-10-27(11-13-28)16-23-7-5-4-6-20(23)2/h4-9,14-15,18H,10-13,16-17H2,1-3H3. The predicted molar refractivity (Wildman–Crippen MR) is 127 cm³/mol. The van der Waals surface area contributed by atoms with Crippen LogP contribution in [0.15, 0.2) is 53.9 Å². The zero-order valence-corrected chi connectivity index (χ0v) is 19.4. The van der Waals surface area contributed by atoms with E-state index in [9.17, 15) is 4.79 Å². The number of amides is 1. The van der Waals surface area contributed by atoms with Gasteiger partial charge in [-0.3, -0.25) is 9.69 Å². The molecule has 1 aliphatic rings. The Kier molecular flexibility index (Phi) is 6.73. The van der Waals surface area contributed by atoms with Gasteiger partial charge in [-0.1, -0.05) is 42.0 Å². The number of hydrogen-bond acceptors (Lipinski definition) is 4. The summed E-state index contributed by atoms with van der Waals surface area (Å²) in [6.07, 6.45) is 0. The lowest BCUT2D eigenvalue weighted by atomic mass is 10.1. The molecular weight excluding hydrogens is 404 g/mol. The zero-order valence-electron chi connectivity index (χ0n) is 18.6. The van der Waals surface area contributed by atoms with Crippen molar-refractivity contribution in [2.75, 3.05) is 26.2 Å². The molecule has 2 aromatic carbocycles. The second-order valence-electron chi connectivity index (χ2n) is 8.37. The lowest BCUT2D eigenvalue weighted by Crippen LogP contribution is -2.48. The number of carbonyl (C=O) groups is 1. The summed E-state index contributed by atoms with van der Waals surface area (Å²) in [4.78, 5) is 18.2. The average Bonchev–Trinajstić information content (AvgIpc) is 3.24. The molecule has 1 aliphatic heterocycles. The van der Waals surface area contributed by atoms with Gasteiger partial charge in [-0.05, 0) is 55.0 Å². The SMILES string of the molecule is Cc1ccc(OCc2csc(C(=O)N3CCN(Cc4ccccc4C)CC3)c2)c(C)c1. The minimum atomic E-state index is 0.137. The second-order valence-corrected chi connectivity index (χ2v) is 9.28. The third-order valence-electron chi connectivity index (χ3n) is 5.90. The Labute approximate surface area is 189 Å². The van der Waals surface area contributed by atoms with E-state index < -0.39 is 0 Å². The largest absolute Gasteiger partial charge is 0.489 e. The smallest absolute Gasteiger partial charge is 0.264 e. The molecule has 0 unspecified atom stereocenters. The van der Waals surface area contributed by atoms with Gasteiger partial charge in [-0.25, -0.2) is 0 Å². The van der Waals surface area contributed by atoms with Gasteiger partial charge < -0.3 is 9.64 Å². The third-order valence-corrected chi connectivity index (χ3v) is 6.87. The first-order valence-corrected chi connectivity index (χ1v) is 11.7. The number of carbonyl (C=O) groups excluding carboxylic acids is 1. The molecule has 4 rings (SSSR count). The molecule has 0 spiro atoms. The van der Waals surface area contributed by atoms with Crippen LogP contribution in [0.2, 0.25) is 0 Å². The molecule has 1 saturated heterocycles. The third kappa shape index (κ3) is 5.35. The predicted octanol–water partition coefficient (Wildman–Crippen LogP) is 5.21. The highest BCUT2D eigenvalue weighted by Crippen LogP contribution is 2.23. The molecule has 0 atom stereocenters. The van der Waals surface area contributed by atoms with Gasteiger partial charge in [-0.15, -0.1) is 11.3 Å². The van der Waals surface area contributed by atoms with Crippen LogP contribution in [0.25, 0.3) is 0 Å². The normalized spacial score (nSPS) is 14.6. The molecule has 0 bridgehead atoms. The molecular formula is C26H30N2O2S. The van der Waals surface area contributed by atoms with E-state index in [1.165, 1.54) is 28.0 Å². The summed E-state index contributed by atoms with van der Waals surface area (Å²) in [7, 11) is 0. The van der Waals surface area contributed by atoms with Crippen LogP contribution in [0.3, 0.4) is 0 Å². The van der Waals surface area contributed by atoms with Gasteiger partial charge in [-0.2, -0.15) is 0 Å². The number of hydrogen-bond donors (Lipinski definition) is 0. The number of aryl methyl sites for hydroxylation is 3. The van der Waals surface area contributed by atoms with E-state index in [2.05, 4.69) is 62.1 Å². The maximum absolute atomic E-state index is 13.0. The molecule has 162 valence electrons. The highest BCUT2D eigenvalue weighted by Gasteiger charge is 2.23. The monoisotopic (exact) mass is 434 g/mol. The van der Waals surface area contributed by atoms with Crippen LogP contribution in [-0.2, 0) is 13.2 Å². The summed E-state index contributed by atoms with van der Waals surface area (Å²) in [5, 5.41) is 2.03. The number of benzene rings is 2. The number of nitrogens with zero attached hydrogens (tertiary/aromatic N) is 2. The van der Waals surface area contributed by atoms with E-state index >= 15 is 0 Å². The number of piperazine rings is 1.